The van der Waals surface area contributed by atoms with E-state index in [4.69, 9.17) is 23.7 Å². The molecular weight excluding hydrogens is 585 g/mol. The minimum Gasteiger partial charge on any atom is -0.508 e. The SMILES string of the molecule is CC(C)(C)OC(=O)COCCO[C@@H]1CCN(CCOc2ccc(Oc3c(-c4ccc(F)cc4)sc4cc(O)ccc34)cc2)C1. The number of halogens is 1. The van der Waals surface area contributed by atoms with Crippen molar-refractivity contribution in [3.05, 3.63) is 72.5 Å². The van der Waals surface area contributed by atoms with Gasteiger partial charge in [-0.3, -0.25) is 4.90 Å². The zero-order chi connectivity index (χ0) is 31.1. The molecule has 8 nitrogen and oxygen atoms in total. The average molecular weight is 624 g/mol. The Balaban J connectivity index is 1.07. The topological polar surface area (TPSA) is 86.7 Å². The third-order valence-corrected chi connectivity index (χ3v) is 8.09. The summed E-state index contributed by atoms with van der Waals surface area (Å²) in [4.78, 5) is 14.9. The van der Waals surface area contributed by atoms with Gasteiger partial charge in [-0.1, -0.05) is 12.1 Å². The maximum atomic E-state index is 13.6. The Hall–Kier alpha value is -3.70. The molecule has 234 valence electrons. The van der Waals surface area contributed by atoms with Crippen LogP contribution >= 0.6 is 11.3 Å². The number of thiophene rings is 1. The van der Waals surface area contributed by atoms with Crippen molar-refractivity contribution in [3.8, 4) is 33.4 Å². The molecule has 1 aliphatic heterocycles. The molecule has 1 atom stereocenters. The molecule has 1 aliphatic rings. The zero-order valence-corrected chi connectivity index (χ0v) is 26.0. The number of nitrogens with zero attached hydrogens (tertiary/aromatic N) is 1. The van der Waals surface area contributed by atoms with Gasteiger partial charge in [0, 0.05) is 29.7 Å². The van der Waals surface area contributed by atoms with Gasteiger partial charge in [-0.15, -0.1) is 11.3 Å². The summed E-state index contributed by atoms with van der Waals surface area (Å²) in [6, 6.07) is 18.9. The number of rotatable bonds is 13. The number of hydrogen-bond acceptors (Lipinski definition) is 9. The highest BCUT2D eigenvalue weighted by atomic mass is 32.1. The van der Waals surface area contributed by atoms with Gasteiger partial charge in [0.2, 0.25) is 0 Å². The number of carbonyl (C=O) groups is 1. The lowest BCUT2D eigenvalue weighted by molar-refractivity contribution is -0.160. The molecule has 1 N–H and O–H groups in total. The molecule has 0 amide bonds. The Labute approximate surface area is 260 Å². The van der Waals surface area contributed by atoms with Gasteiger partial charge in [0.05, 0.1) is 24.2 Å². The van der Waals surface area contributed by atoms with Crippen molar-refractivity contribution >= 4 is 27.4 Å². The van der Waals surface area contributed by atoms with E-state index in [1.807, 2.05) is 51.1 Å². The van der Waals surface area contributed by atoms with Crippen molar-refractivity contribution in [2.24, 2.45) is 0 Å². The van der Waals surface area contributed by atoms with E-state index in [2.05, 4.69) is 4.90 Å². The summed E-state index contributed by atoms with van der Waals surface area (Å²) in [6.07, 6.45) is 1.07. The number of esters is 1. The maximum absolute atomic E-state index is 13.6. The molecule has 0 spiro atoms. The summed E-state index contributed by atoms with van der Waals surface area (Å²) in [5.74, 6) is 1.54. The molecule has 0 bridgehead atoms. The van der Waals surface area contributed by atoms with Gasteiger partial charge in [0.25, 0.3) is 0 Å². The van der Waals surface area contributed by atoms with E-state index >= 15 is 0 Å². The maximum Gasteiger partial charge on any atom is 0.332 e. The van der Waals surface area contributed by atoms with E-state index in [1.54, 1.807) is 24.3 Å². The van der Waals surface area contributed by atoms with Gasteiger partial charge in [-0.2, -0.15) is 0 Å². The van der Waals surface area contributed by atoms with Crippen molar-refractivity contribution in [3.63, 3.8) is 0 Å². The van der Waals surface area contributed by atoms with Gasteiger partial charge in [-0.05, 0) is 87.4 Å². The highest BCUT2D eigenvalue weighted by Gasteiger charge is 2.23. The number of phenolic OH excluding ortho intramolecular Hbond substituents is 1. The summed E-state index contributed by atoms with van der Waals surface area (Å²) in [5.41, 5.74) is 0.319. The molecule has 0 aliphatic carbocycles. The third-order valence-electron chi connectivity index (χ3n) is 6.90. The first-order valence-electron chi connectivity index (χ1n) is 14.7. The molecule has 0 saturated carbocycles. The lowest BCUT2D eigenvalue weighted by Gasteiger charge is -2.19. The fourth-order valence-corrected chi connectivity index (χ4v) is 6.07. The number of phenols is 1. The molecule has 2 heterocycles. The fraction of sp³-hybridized carbons (Fsp3) is 0.382. The van der Waals surface area contributed by atoms with Crippen LogP contribution in [0.15, 0.2) is 66.7 Å². The van der Waals surface area contributed by atoms with E-state index in [0.717, 1.165) is 52.3 Å². The Bertz CT molecular complexity index is 1530. The van der Waals surface area contributed by atoms with Crippen LogP contribution in [0.25, 0.3) is 20.5 Å². The Morgan fingerprint density at radius 2 is 1.75 bits per heavy atom. The molecule has 1 saturated heterocycles. The van der Waals surface area contributed by atoms with Gasteiger partial charge < -0.3 is 28.8 Å². The molecule has 0 unspecified atom stereocenters. The largest absolute Gasteiger partial charge is 0.508 e. The van der Waals surface area contributed by atoms with Gasteiger partial charge in [0.15, 0.2) is 5.75 Å². The van der Waals surface area contributed by atoms with Crippen LogP contribution in [0.3, 0.4) is 0 Å². The number of likely N-dealkylation sites (tertiary alicyclic amines) is 1. The third kappa shape index (κ3) is 8.92. The van der Waals surface area contributed by atoms with Gasteiger partial charge in [-0.25, -0.2) is 9.18 Å². The number of aromatic hydroxyl groups is 1. The number of ether oxygens (including phenoxy) is 5. The normalized spacial score (nSPS) is 15.5. The van der Waals surface area contributed by atoms with Crippen LogP contribution in [-0.2, 0) is 19.0 Å². The highest BCUT2D eigenvalue weighted by molar-refractivity contribution is 7.22. The molecule has 1 fully saturated rings. The summed E-state index contributed by atoms with van der Waals surface area (Å²) >= 11 is 1.48. The molecule has 44 heavy (non-hydrogen) atoms. The minimum atomic E-state index is -0.518. The van der Waals surface area contributed by atoms with Crippen molar-refractivity contribution in [1.82, 2.24) is 4.90 Å². The second-order valence-electron chi connectivity index (χ2n) is 11.6. The van der Waals surface area contributed by atoms with Gasteiger partial charge >= 0.3 is 5.97 Å². The molecule has 1 aromatic heterocycles. The average Bonchev–Trinajstić information content (AvgIpc) is 3.57. The van der Waals surface area contributed by atoms with Crippen LogP contribution in [0.5, 0.6) is 23.0 Å². The molecule has 5 rings (SSSR count). The molecular formula is C34H38FNO7S. The lowest BCUT2D eigenvalue weighted by Crippen LogP contribution is -2.29. The molecule has 3 aromatic carbocycles. The van der Waals surface area contributed by atoms with Crippen LogP contribution in [0.1, 0.15) is 27.2 Å². The lowest BCUT2D eigenvalue weighted by atomic mass is 10.1. The van der Waals surface area contributed by atoms with E-state index < -0.39 is 5.60 Å². The van der Waals surface area contributed by atoms with E-state index in [-0.39, 0.29) is 30.2 Å². The van der Waals surface area contributed by atoms with Crippen molar-refractivity contribution in [2.45, 2.75) is 38.9 Å². The van der Waals surface area contributed by atoms with Crippen LogP contribution in [-0.4, -0.2) is 73.7 Å². The number of benzene rings is 3. The smallest absolute Gasteiger partial charge is 0.332 e. The first kappa shape index (κ1) is 31.7. The van der Waals surface area contributed by atoms with E-state index in [1.165, 1.54) is 23.5 Å². The standard InChI is InChI=1S/C34H38FNO7S/c1-34(2,3)43-31(38)22-39-18-19-41-28-14-15-36(21-28)16-17-40-26-9-11-27(12-10-26)42-32-29-13-8-25(37)20-30(29)44-33(32)23-4-6-24(35)7-5-23/h4-13,20,28,37H,14-19,21-22H2,1-3H3/t28-/m1/s1. The second kappa shape index (κ2) is 14.4. The Morgan fingerprint density at radius 3 is 2.50 bits per heavy atom. The first-order chi connectivity index (χ1) is 21.1. The summed E-state index contributed by atoms with van der Waals surface area (Å²) < 4.78 is 43.3. The van der Waals surface area contributed by atoms with Gasteiger partial charge in [0.1, 0.15) is 41.9 Å². The first-order valence-corrected chi connectivity index (χ1v) is 15.5. The van der Waals surface area contributed by atoms with Crippen LogP contribution < -0.4 is 9.47 Å². The number of hydrogen-bond donors (Lipinski definition) is 1. The predicted molar refractivity (Wildman–Crippen MR) is 168 cm³/mol. The highest BCUT2D eigenvalue weighted by Crippen LogP contribution is 2.47. The summed E-state index contributed by atoms with van der Waals surface area (Å²) in [5, 5.41) is 10.8. The fourth-order valence-electron chi connectivity index (χ4n) is 4.91. The quantitative estimate of drug-likeness (QED) is 0.126. The Morgan fingerprint density at radius 1 is 1.00 bits per heavy atom. The van der Waals surface area contributed by atoms with Crippen molar-refractivity contribution in [1.29, 1.82) is 0 Å². The zero-order valence-electron chi connectivity index (χ0n) is 25.2. The number of carbonyl (C=O) groups excluding carboxylic acids is 1. The number of fused-ring (bicyclic) bond motifs is 1. The van der Waals surface area contributed by atoms with Crippen molar-refractivity contribution in [2.75, 3.05) is 46.1 Å². The van der Waals surface area contributed by atoms with E-state index in [0.29, 0.717) is 31.3 Å². The second-order valence-corrected chi connectivity index (χ2v) is 12.6. The molecule has 10 heteroatoms. The molecule has 0 radical (unpaired) electrons. The summed E-state index contributed by atoms with van der Waals surface area (Å²) in [7, 11) is 0. The van der Waals surface area contributed by atoms with E-state index in [9.17, 15) is 14.3 Å². The van der Waals surface area contributed by atoms with Crippen LogP contribution in [0, 0.1) is 5.82 Å². The Kier molecular flexibility index (Phi) is 10.4. The van der Waals surface area contributed by atoms with Crippen LogP contribution in [0.2, 0.25) is 0 Å². The minimum absolute atomic E-state index is 0.0742. The van der Waals surface area contributed by atoms with Crippen molar-refractivity contribution < 1.29 is 38.0 Å². The summed E-state index contributed by atoms with van der Waals surface area (Å²) in [6.45, 7) is 9.26. The predicted octanol–water partition coefficient (Wildman–Crippen LogP) is 7.03. The molecule has 4 aromatic rings. The van der Waals surface area contributed by atoms with Crippen LogP contribution in [0.4, 0.5) is 4.39 Å². The monoisotopic (exact) mass is 623 g/mol.